The monoisotopic (exact) mass is 399 g/mol. The average molecular weight is 400 g/mol. The van der Waals surface area contributed by atoms with Crippen LogP contribution in [0.2, 0.25) is 5.02 Å². The molecule has 2 N–H and O–H groups in total. The maximum Gasteiger partial charge on any atom is 0.410 e. The molecular formula is C15H15ClFN5O5. The number of nitrogens with zero attached hydrogens (tertiary/aromatic N) is 4. The molecule has 1 aliphatic heterocycles. The molecule has 27 heavy (non-hydrogen) atoms. The summed E-state index contributed by atoms with van der Waals surface area (Å²) in [5.74, 6) is -0.736. The van der Waals surface area contributed by atoms with E-state index >= 15 is 0 Å². The van der Waals surface area contributed by atoms with Gasteiger partial charge in [-0.3, -0.25) is 0 Å². The van der Waals surface area contributed by atoms with E-state index in [1.54, 1.807) is 0 Å². The van der Waals surface area contributed by atoms with Crippen molar-refractivity contribution in [3.05, 3.63) is 40.4 Å². The van der Waals surface area contributed by atoms with E-state index in [2.05, 4.69) is 25.4 Å². The fourth-order valence-corrected chi connectivity index (χ4v) is 2.47. The number of rotatable bonds is 4. The lowest BCUT2D eigenvalue weighted by Gasteiger charge is -2.25. The Bertz CT molecular complexity index is 840. The minimum Gasteiger partial charge on any atom is -0.443 e. The molecule has 144 valence electrons. The van der Waals surface area contributed by atoms with Gasteiger partial charge in [-0.25, -0.2) is 13.8 Å². The normalized spacial score (nSPS) is 14.9. The van der Waals surface area contributed by atoms with E-state index < -0.39 is 11.9 Å². The highest BCUT2D eigenvalue weighted by Gasteiger charge is 2.22. The van der Waals surface area contributed by atoms with Gasteiger partial charge in [0.25, 0.3) is 0 Å². The van der Waals surface area contributed by atoms with Gasteiger partial charge in [-0.15, -0.1) is 0 Å². The van der Waals surface area contributed by atoms with Gasteiger partial charge >= 0.3 is 6.09 Å². The lowest BCUT2D eigenvalue weighted by Crippen LogP contribution is -2.41. The Morgan fingerprint density at radius 3 is 2.89 bits per heavy atom. The van der Waals surface area contributed by atoms with Crippen molar-refractivity contribution in [2.75, 3.05) is 31.6 Å². The number of carbonyl (C=O) groups excluding carboxylic acids is 1. The van der Waals surface area contributed by atoms with Crippen LogP contribution in [0.4, 0.5) is 14.9 Å². The molecular weight excluding hydrogens is 385 g/mol. The first-order valence-corrected chi connectivity index (χ1v) is 8.21. The Labute approximate surface area is 157 Å². The number of amides is 1. The van der Waals surface area contributed by atoms with Gasteiger partial charge in [0.05, 0.1) is 18.2 Å². The number of oxime groups is 1. The predicted octanol–water partition coefficient (Wildman–Crippen LogP) is 2.08. The number of anilines is 1. The molecule has 0 bridgehead atoms. The number of morpholine rings is 1. The third kappa shape index (κ3) is 4.63. The Morgan fingerprint density at radius 1 is 1.41 bits per heavy atom. The lowest BCUT2D eigenvalue weighted by atomic mass is 10.2. The third-order valence-electron chi connectivity index (χ3n) is 3.66. The molecule has 1 aromatic heterocycles. The van der Waals surface area contributed by atoms with E-state index in [1.165, 1.54) is 17.0 Å². The average Bonchev–Trinajstić information content (AvgIpc) is 3.16. The number of ether oxygens (including phenoxy) is 2. The summed E-state index contributed by atoms with van der Waals surface area (Å²) in [6.07, 6.45) is -0.534. The van der Waals surface area contributed by atoms with Gasteiger partial charge in [-0.05, 0) is 23.4 Å². The zero-order valence-corrected chi connectivity index (χ0v) is 14.6. The summed E-state index contributed by atoms with van der Waals surface area (Å²) < 4.78 is 28.2. The van der Waals surface area contributed by atoms with Crippen molar-refractivity contribution in [2.24, 2.45) is 5.16 Å². The molecule has 10 nitrogen and oxygen atoms in total. The number of hydrogen-bond acceptors (Lipinski definition) is 8. The van der Waals surface area contributed by atoms with Crippen LogP contribution in [0.3, 0.4) is 0 Å². The lowest BCUT2D eigenvalue weighted by molar-refractivity contribution is 0.0244. The van der Waals surface area contributed by atoms with Gasteiger partial charge in [0.15, 0.2) is 11.4 Å². The summed E-state index contributed by atoms with van der Waals surface area (Å²) in [7, 11) is 0. The summed E-state index contributed by atoms with van der Waals surface area (Å²) in [5, 5.41) is 22.2. The highest BCUT2D eigenvalue weighted by atomic mass is 35.5. The third-order valence-corrected chi connectivity index (χ3v) is 3.95. The summed E-state index contributed by atoms with van der Waals surface area (Å²) in [5.41, 5.74) is 0.492. The fourth-order valence-electron chi connectivity index (χ4n) is 2.29. The number of halogens is 2. The van der Waals surface area contributed by atoms with Gasteiger partial charge in [0.1, 0.15) is 12.4 Å². The Morgan fingerprint density at radius 2 is 2.19 bits per heavy atom. The highest BCUT2D eigenvalue weighted by molar-refractivity contribution is 6.31. The van der Waals surface area contributed by atoms with E-state index in [-0.39, 0.29) is 28.9 Å². The number of nitrogens with one attached hydrogen (secondary N) is 1. The molecule has 0 aliphatic carbocycles. The number of carbonyl (C=O) groups is 1. The Kier molecular flexibility index (Phi) is 6.04. The van der Waals surface area contributed by atoms with Crippen LogP contribution >= 0.6 is 11.6 Å². The second-order valence-electron chi connectivity index (χ2n) is 5.42. The zero-order chi connectivity index (χ0) is 19.2. The minimum absolute atomic E-state index is 0.0210. The van der Waals surface area contributed by atoms with Crippen molar-refractivity contribution in [1.82, 2.24) is 15.2 Å². The molecule has 0 unspecified atom stereocenters. The molecule has 0 saturated carbocycles. The molecule has 1 aliphatic rings. The number of hydrogen-bond donors (Lipinski definition) is 2. The van der Waals surface area contributed by atoms with E-state index in [0.29, 0.717) is 32.0 Å². The van der Waals surface area contributed by atoms with Crippen LogP contribution < -0.4 is 5.32 Å². The van der Waals surface area contributed by atoms with Crippen LogP contribution in [0.25, 0.3) is 0 Å². The second kappa shape index (κ2) is 8.64. The maximum atomic E-state index is 13.2. The molecule has 1 saturated heterocycles. The van der Waals surface area contributed by atoms with Crippen molar-refractivity contribution in [3.8, 4) is 0 Å². The van der Waals surface area contributed by atoms with E-state index in [1.807, 2.05) is 0 Å². The SMILES string of the molecule is O=C(OCc1nonc1C(=NO)Nc1ccc(F)c(Cl)c1)N1CCOCC1. The Balaban J connectivity index is 1.66. The first-order chi connectivity index (χ1) is 13.1. The first-order valence-electron chi connectivity index (χ1n) is 7.84. The molecule has 0 atom stereocenters. The molecule has 1 fully saturated rings. The standard InChI is InChI=1S/C15H15ClFN5O5/c16-10-7-9(1-2-11(10)17)18-14(19-24)13-12(20-27-21-13)8-26-15(23)22-3-5-25-6-4-22/h1-2,7,24H,3-6,8H2,(H,18,19). The summed E-state index contributed by atoms with van der Waals surface area (Å²) in [6.45, 7) is 1.49. The van der Waals surface area contributed by atoms with Crippen molar-refractivity contribution < 1.29 is 28.5 Å². The van der Waals surface area contributed by atoms with E-state index in [9.17, 15) is 14.4 Å². The van der Waals surface area contributed by atoms with Crippen LogP contribution in [-0.2, 0) is 16.1 Å². The van der Waals surface area contributed by atoms with Crippen LogP contribution in [0.15, 0.2) is 28.0 Å². The molecule has 2 heterocycles. The molecule has 1 aromatic carbocycles. The van der Waals surface area contributed by atoms with Crippen molar-refractivity contribution >= 4 is 29.2 Å². The quantitative estimate of drug-likeness (QED) is 0.347. The summed E-state index contributed by atoms with van der Waals surface area (Å²) in [4.78, 5) is 13.5. The summed E-state index contributed by atoms with van der Waals surface area (Å²) >= 11 is 5.72. The molecule has 2 aromatic rings. The molecule has 1 amide bonds. The van der Waals surface area contributed by atoms with Crippen LogP contribution in [0.1, 0.15) is 11.4 Å². The van der Waals surface area contributed by atoms with Crippen LogP contribution in [-0.4, -0.2) is 58.7 Å². The van der Waals surface area contributed by atoms with Gasteiger partial charge < -0.3 is 24.9 Å². The van der Waals surface area contributed by atoms with Gasteiger partial charge in [-0.1, -0.05) is 21.9 Å². The first kappa shape index (κ1) is 18.9. The largest absolute Gasteiger partial charge is 0.443 e. The van der Waals surface area contributed by atoms with E-state index in [4.69, 9.17) is 21.1 Å². The molecule has 12 heteroatoms. The maximum absolute atomic E-state index is 13.2. The zero-order valence-electron chi connectivity index (χ0n) is 13.9. The minimum atomic E-state index is -0.594. The van der Waals surface area contributed by atoms with Crippen LogP contribution in [0.5, 0.6) is 0 Å². The van der Waals surface area contributed by atoms with Crippen LogP contribution in [0, 0.1) is 5.82 Å². The molecule has 3 rings (SSSR count). The highest BCUT2D eigenvalue weighted by Crippen LogP contribution is 2.20. The number of benzene rings is 1. The van der Waals surface area contributed by atoms with Crippen molar-refractivity contribution in [2.45, 2.75) is 6.61 Å². The fraction of sp³-hybridized carbons (Fsp3) is 0.333. The predicted molar refractivity (Wildman–Crippen MR) is 90.2 cm³/mol. The van der Waals surface area contributed by atoms with Gasteiger partial charge in [-0.2, -0.15) is 0 Å². The number of amidine groups is 1. The number of aromatic nitrogens is 2. The molecule has 0 spiro atoms. The summed E-state index contributed by atoms with van der Waals surface area (Å²) in [6, 6.07) is 3.83. The van der Waals surface area contributed by atoms with E-state index in [0.717, 1.165) is 6.07 Å². The Hall–Kier alpha value is -2.92. The smallest absolute Gasteiger partial charge is 0.410 e. The van der Waals surface area contributed by atoms with Gasteiger partial charge in [0.2, 0.25) is 5.84 Å². The van der Waals surface area contributed by atoms with Gasteiger partial charge in [0, 0.05) is 18.8 Å². The molecule has 0 radical (unpaired) electrons. The second-order valence-corrected chi connectivity index (χ2v) is 5.82. The van der Waals surface area contributed by atoms with Crippen molar-refractivity contribution in [1.29, 1.82) is 0 Å². The van der Waals surface area contributed by atoms with Crippen molar-refractivity contribution in [3.63, 3.8) is 0 Å². The topological polar surface area (TPSA) is 122 Å².